The number of hydrogen-bond donors (Lipinski definition) is 0. The highest BCUT2D eigenvalue weighted by molar-refractivity contribution is 7.00. The van der Waals surface area contributed by atoms with Gasteiger partial charge in [0.15, 0.2) is 0 Å². The Morgan fingerprint density at radius 3 is 1.62 bits per heavy atom. The van der Waals surface area contributed by atoms with E-state index in [1.165, 1.54) is 17.3 Å². The summed E-state index contributed by atoms with van der Waals surface area (Å²) in [7, 11) is -2.79. The molecule has 0 unspecified atom stereocenters. The van der Waals surface area contributed by atoms with Crippen LogP contribution in [0.4, 0.5) is 0 Å². The van der Waals surface area contributed by atoms with Crippen LogP contribution in [0.25, 0.3) is 12.2 Å². The molecule has 0 amide bonds. The van der Waals surface area contributed by atoms with Crippen LogP contribution in [0.15, 0.2) is 86.0 Å². The molecule has 164 valence electrons. The van der Waals surface area contributed by atoms with Crippen molar-refractivity contribution in [1.82, 2.24) is 0 Å². The molecular weight excluding hydrogens is 412 g/mol. The fourth-order valence-corrected chi connectivity index (χ4v) is 8.50. The van der Waals surface area contributed by atoms with E-state index in [9.17, 15) is 4.79 Å². The molecule has 0 aliphatic carbocycles. The largest absolute Gasteiger partial charge is 0.534 e. The number of carbonyl (C=O) groups is 1. The first-order chi connectivity index (χ1) is 15.2. The summed E-state index contributed by atoms with van der Waals surface area (Å²) in [5, 5.41) is 2.19. The van der Waals surface area contributed by atoms with Gasteiger partial charge in [-0.15, -0.1) is 0 Å². The van der Waals surface area contributed by atoms with Gasteiger partial charge in [-0.25, -0.2) is 0 Å². The van der Waals surface area contributed by atoms with Crippen molar-refractivity contribution in [2.75, 3.05) is 0 Å². The van der Waals surface area contributed by atoms with Crippen LogP contribution in [0.1, 0.15) is 38.8 Å². The highest BCUT2D eigenvalue weighted by atomic mass is 28.4. The lowest BCUT2D eigenvalue weighted by atomic mass is 10.1. The molecule has 3 rings (SSSR count). The van der Waals surface area contributed by atoms with Crippen molar-refractivity contribution in [3.63, 3.8) is 0 Å². The zero-order valence-corrected chi connectivity index (χ0v) is 20.2. The second-order valence-corrected chi connectivity index (χ2v) is 12.9. The van der Waals surface area contributed by atoms with Crippen molar-refractivity contribution in [2.24, 2.45) is 0 Å². The van der Waals surface area contributed by atoms with Crippen LogP contribution < -0.4 is 19.5 Å². The third-order valence-corrected chi connectivity index (χ3v) is 10.4. The summed E-state index contributed by atoms with van der Waals surface area (Å²) in [4.78, 5) is 11.6. The fourth-order valence-electron chi connectivity index (χ4n) is 4.10. The second-order valence-electron chi connectivity index (χ2n) is 8.70. The van der Waals surface area contributed by atoms with Gasteiger partial charge in [0, 0.05) is 18.1 Å². The Morgan fingerprint density at radius 1 is 0.844 bits per heavy atom. The summed E-state index contributed by atoms with van der Waals surface area (Å²) >= 11 is 0. The molecule has 0 atom stereocenters. The maximum atomic E-state index is 11.6. The molecule has 32 heavy (non-hydrogen) atoms. The molecule has 3 aromatic rings. The summed E-state index contributed by atoms with van der Waals surface area (Å²) in [6.45, 7) is 15.9. The molecule has 0 aliphatic rings. The molecule has 4 heteroatoms. The van der Waals surface area contributed by atoms with Crippen LogP contribution in [0.5, 0.6) is 11.5 Å². The van der Waals surface area contributed by atoms with E-state index in [2.05, 4.69) is 82.5 Å². The predicted octanol–water partition coefficient (Wildman–Crippen LogP) is 5.84. The first-order valence-corrected chi connectivity index (χ1v) is 12.5. The van der Waals surface area contributed by atoms with Crippen LogP contribution in [0, 0.1) is 0 Å². The van der Waals surface area contributed by atoms with E-state index in [0.717, 1.165) is 0 Å². The fraction of sp³-hybridized carbons (Fsp3) is 0.179. The van der Waals surface area contributed by atoms with Crippen LogP contribution in [0.3, 0.4) is 0 Å². The number of benzene rings is 3. The summed E-state index contributed by atoms with van der Waals surface area (Å²) in [6.07, 6.45) is 3.34. The van der Waals surface area contributed by atoms with Crippen molar-refractivity contribution in [2.45, 2.75) is 32.7 Å². The van der Waals surface area contributed by atoms with Gasteiger partial charge in [0.05, 0.1) is 0 Å². The maximum Gasteiger partial charge on any atom is 0.319 e. The monoisotopic (exact) mass is 442 g/mol. The van der Waals surface area contributed by atoms with Crippen molar-refractivity contribution in [3.05, 3.63) is 97.1 Å². The normalized spacial score (nSPS) is 11.5. The molecule has 0 N–H and O–H groups in total. The zero-order valence-electron chi connectivity index (χ0n) is 19.2. The van der Waals surface area contributed by atoms with Crippen molar-refractivity contribution in [1.29, 1.82) is 0 Å². The smallest absolute Gasteiger partial charge is 0.319 e. The van der Waals surface area contributed by atoms with Crippen LogP contribution >= 0.6 is 0 Å². The first kappa shape index (κ1) is 23.3. The predicted molar refractivity (Wildman–Crippen MR) is 136 cm³/mol. The van der Waals surface area contributed by atoms with Crippen LogP contribution in [0.2, 0.25) is 5.04 Å². The molecule has 0 radical (unpaired) electrons. The maximum absolute atomic E-state index is 11.6. The highest BCUT2D eigenvalue weighted by Gasteiger charge is 2.52. The molecule has 0 heterocycles. The third-order valence-electron chi connectivity index (χ3n) is 5.49. The number of hydrogen-bond acceptors (Lipinski definition) is 3. The minimum Gasteiger partial charge on any atom is -0.534 e. The Kier molecular flexibility index (Phi) is 6.85. The summed E-state index contributed by atoms with van der Waals surface area (Å²) in [6, 6.07) is 24.7. The second kappa shape index (κ2) is 9.41. The number of ether oxygens (including phenoxy) is 1. The van der Waals surface area contributed by atoms with Gasteiger partial charge in [-0.1, -0.05) is 107 Å². The van der Waals surface area contributed by atoms with Gasteiger partial charge >= 0.3 is 14.3 Å². The molecule has 3 aromatic carbocycles. The van der Waals surface area contributed by atoms with Gasteiger partial charge in [-0.2, -0.15) is 0 Å². The van der Waals surface area contributed by atoms with Crippen molar-refractivity contribution in [3.8, 4) is 11.5 Å². The lowest BCUT2D eigenvalue weighted by Gasteiger charge is -2.43. The molecular formula is C28H30O3Si. The van der Waals surface area contributed by atoms with Gasteiger partial charge in [-0.05, 0) is 27.5 Å². The van der Waals surface area contributed by atoms with E-state index in [4.69, 9.17) is 9.16 Å². The van der Waals surface area contributed by atoms with Crippen LogP contribution in [-0.4, -0.2) is 14.3 Å². The Bertz CT molecular complexity index is 1040. The standard InChI is InChI=1S/C28H30O3Si/c1-7-22-19-24(20-23(8-2)27(22)30-21(3)29)31-32(28(4,5)6,25-15-11-9-12-16-25)26-17-13-10-14-18-26/h7-20H,1-2H2,3-6H3. The Morgan fingerprint density at radius 2 is 1.28 bits per heavy atom. The Labute approximate surface area is 192 Å². The molecule has 0 saturated carbocycles. The van der Waals surface area contributed by atoms with Crippen molar-refractivity contribution < 1.29 is 14.0 Å². The number of esters is 1. The quantitative estimate of drug-likeness (QED) is 0.262. The molecule has 0 aliphatic heterocycles. The molecule has 0 aromatic heterocycles. The topological polar surface area (TPSA) is 35.5 Å². The number of rotatable bonds is 7. The summed E-state index contributed by atoms with van der Waals surface area (Å²) < 4.78 is 12.5. The third kappa shape index (κ3) is 4.46. The average Bonchev–Trinajstić information content (AvgIpc) is 2.78. The van der Waals surface area contributed by atoms with Gasteiger partial charge in [0.25, 0.3) is 0 Å². The number of carbonyl (C=O) groups excluding carboxylic acids is 1. The average molecular weight is 443 g/mol. The van der Waals surface area contributed by atoms with Crippen molar-refractivity contribution >= 4 is 36.8 Å². The van der Waals surface area contributed by atoms with Gasteiger partial charge < -0.3 is 9.16 Å². The van der Waals surface area contributed by atoms with E-state index in [0.29, 0.717) is 22.6 Å². The van der Waals surface area contributed by atoms with E-state index in [1.54, 1.807) is 12.2 Å². The first-order valence-electron chi connectivity index (χ1n) is 10.6. The van der Waals surface area contributed by atoms with E-state index >= 15 is 0 Å². The minimum absolute atomic E-state index is 0.174. The highest BCUT2D eigenvalue weighted by Crippen LogP contribution is 2.39. The molecule has 0 saturated heterocycles. The SMILES string of the molecule is C=Cc1cc(O[Si](c2ccccc2)(c2ccccc2)C(C)(C)C)cc(C=C)c1OC(C)=O. The van der Waals surface area contributed by atoms with Gasteiger partial charge in [0.2, 0.25) is 0 Å². The Balaban J connectivity index is 2.28. The van der Waals surface area contributed by atoms with Crippen LogP contribution in [-0.2, 0) is 4.79 Å². The summed E-state index contributed by atoms with van der Waals surface area (Å²) in [5.41, 5.74) is 1.37. The summed E-state index contributed by atoms with van der Waals surface area (Å²) in [5.74, 6) is 0.745. The molecule has 0 fully saturated rings. The van der Waals surface area contributed by atoms with E-state index < -0.39 is 14.3 Å². The zero-order chi connectivity index (χ0) is 23.4. The lowest BCUT2D eigenvalue weighted by molar-refractivity contribution is -0.131. The molecule has 3 nitrogen and oxygen atoms in total. The molecule has 0 spiro atoms. The Hall–Kier alpha value is -3.37. The van der Waals surface area contributed by atoms with Gasteiger partial charge in [0.1, 0.15) is 11.5 Å². The minimum atomic E-state index is -2.79. The molecule has 0 bridgehead atoms. The lowest BCUT2D eigenvalue weighted by Crippen LogP contribution is -2.68. The van der Waals surface area contributed by atoms with E-state index in [-0.39, 0.29) is 5.04 Å². The van der Waals surface area contributed by atoms with E-state index in [1.807, 2.05) is 24.3 Å². The van der Waals surface area contributed by atoms with Gasteiger partial charge in [-0.3, -0.25) is 4.79 Å².